The maximum Gasteiger partial charge on any atom is 0.224 e. The van der Waals surface area contributed by atoms with Crippen molar-refractivity contribution in [3.05, 3.63) is 23.9 Å². The fourth-order valence-corrected chi connectivity index (χ4v) is 2.52. The van der Waals surface area contributed by atoms with Crippen LogP contribution >= 0.6 is 0 Å². The summed E-state index contributed by atoms with van der Waals surface area (Å²) in [4.78, 5) is 12.0. The molecule has 1 amide bonds. The second-order valence-electron chi connectivity index (χ2n) is 5.11. The van der Waals surface area contributed by atoms with Crippen LogP contribution in [0.4, 0.5) is 5.69 Å². The lowest BCUT2D eigenvalue weighted by Gasteiger charge is -2.09. The predicted molar refractivity (Wildman–Crippen MR) is 73.0 cm³/mol. The number of amides is 1. The molecule has 1 aromatic heterocycles. The molecule has 0 bridgehead atoms. The Hall–Kier alpha value is -1.88. The van der Waals surface area contributed by atoms with Crippen LogP contribution in [0.15, 0.2) is 18.3 Å². The normalized spacial score (nSPS) is 18.9. The summed E-state index contributed by atoms with van der Waals surface area (Å²) in [5.74, 6) is 0.408. The summed E-state index contributed by atoms with van der Waals surface area (Å²) in [6, 6.07) is 3.89. The minimum atomic E-state index is 0.0498. The number of carbonyl (C=O) groups excluding carboxylic acids is 1. The Balaban J connectivity index is 1.71. The number of aromatic amines is 1. The summed E-state index contributed by atoms with van der Waals surface area (Å²) in [6.07, 6.45) is 3.30. The lowest BCUT2D eigenvalue weighted by atomic mass is 10.0. The Kier molecular flexibility index (Phi) is 3.21. The first-order valence-corrected chi connectivity index (χ1v) is 6.53. The molecule has 0 saturated carbocycles. The maximum absolute atomic E-state index is 12.0. The number of nitrogens with one attached hydrogen (secondary N) is 2. The zero-order chi connectivity index (χ0) is 13.2. The number of H-pyrrole nitrogens is 1. The lowest BCUT2D eigenvalue weighted by molar-refractivity contribution is -0.117. The molecule has 100 valence electrons. The topological polar surface area (TPSA) is 67.0 Å². The number of rotatable bonds is 3. The molecule has 2 heterocycles. The van der Waals surface area contributed by atoms with Gasteiger partial charge in [-0.05, 0) is 37.0 Å². The molecular weight excluding hydrogens is 242 g/mol. The van der Waals surface area contributed by atoms with E-state index in [4.69, 9.17) is 4.74 Å². The van der Waals surface area contributed by atoms with Gasteiger partial charge in [-0.3, -0.25) is 9.89 Å². The number of nitrogens with zero attached hydrogens (tertiary/aromatic N) is 1. The van der Waals surface area contributed by atoms with Gasteiger partial charge >= 0.3 is 0 Å². The Labute approximate surface area is 111 Å². The molecule has 2 N–H and O–H groups in total. The van der Waals surface area contributed by atoms with Gasteiger partial charge in [0.2, 0.25) is 5.91 Å². The summed E-state index contributed by atoms with van der Waals surface area (Å²) in [6.45, 7) is 3.49. The molecule has 1 aromatic carbocycles. The van der Waals surface area contributed by atoms with Crippen molar-refractivity contribution in [2.45, 2.75) is 19.8 Å². The third-order valence-corrected chi connectivity index (χ3v) is 3.55. The molecule has 0 radical (unpaired) electrons. The third-order valence-electron chi connectivity index (χ3n) is 3.55. The summed E-state index contributed by atoms with van der Waals surface area (Å²) < 4.78 is 5.28. The molecular formula is C14H17N3O2. The van der Waals surface area contributed by atoms with E-state index in [0.29, 0.717) is 18.9 Å². The zero-order valence-corrected chi connectivity index (χ0v) is 10.9. The minimum absolute atomic E-state index is 0.0498. The summed E-state index contributed by atoms with van der Waals surface area (Å²) in [7, 11) is 0. The lowest BCUT2D eigenvalue weighted by Crippen LogP contribution is -2.16. The molecule has 1 unspecified atom stereocenters. The first-order valence-electron chi connectivity index (χ1n) is 6.53. The number of hydrogen-bond acceptors (Lipinski definition) is 3. The summed E-state index contributed by atoms with van der Waals surface area (Å²) in [5, 5.41) is 11.0. The number of anilines is 1. The van der Waals surface area contributed by atoms with Gasteiger partial charge in [-0.25, -0.2) is 0 Å². The highest BCUT2D eigenvalue weighted by Gasteiger charge is 2.19. The molecule has 0 aliphatic carbocycles. The smallest absolute Gasteiger partial charge is 0.224 e. The molecule has 0 spiro atoms. The molecule has 5 nitrogen and oxygen atoms in total. The van der Waals surface area contributed by atoms with Crippen LogP contribution in [-0.4, -0.2) is 29.3 Å². The van der Waals surface area contributed by atoms with Crippen LogP contribution in [0.5, 0.6) is 0 Å². The van der Waals surface area contributed by atoms with E-state index in [1.165, 1.54) is 0 Å². The molecule has 2 aromatic rings. The van der Waals surface area contributed by atoms with E-state index in [1.807, 2.05) is 19.1 Å². The van der Waals surface area contributed by atoms with Crippen LogP contribution < -0.4 is 5.32 Å². The standard InChI is InChI=1S/C14H17N3O2/c1-9-4-11(6-13-12(9)7-15-17-13)16-14(18)5-10-2-3-19-8-10/h4,6-7,10H,2-3,5,8H2,1H3,(H,15,17)(H,16,18). The number of ether oxygens (including phenoxy) is 1. The van der Waals surface area contributed by atoms with Crippen molar-refractivity contribution < 1.29 is 9.53 Å². The van der Waals surface area contributed by atoms with Crippen molar-refractivity contribution in [3.8, 4) is 0 Å². The SMILES string of the molecule is Cc1cc(NC(=O)CC2CCOC2)cc2[nH]ncc12. The first-order chi connectivity index (χ1) is 9.22. The third kappa shape index (κ3) is 2.61. The zero-order valence-electron chi connectivity index (χ0n) is 10.9. The Morgan fingerprint density at radius 3 is 3.26 bits per heavy atom. The first kappa shape index (κ1) is 12.2. The highest BCUT2D eigenvalue weighted by molar-refractivity contribution is 5.94. The predicted octanol–water partition coefficient (Wildman–Crippen LogP) is 2.24. The van der Waals surface area contributed by atoms with Gasteiger partial charge in [0.1, 0.15) is 0 Å². The molecule has 19 heavy (non-hydrogen) atoms. The van der Waals surface area contributed by atoms with Crippen LogP contribution in [0.3, 0.4) is 0 Å². The Morgan fingerprint density at radius 1 is 1.58 bits per heavy atom. The molecule has 1 aliphatic heterocycles. The summed E-state index contributed by atoms with van der Waals surface area (Å²) >= 11 is 0. The van der Waals surface area contributed by atoms with Crippen molar-refractivity contribution in [1.29, 1.82) is 0 Å². The molecule has 1 atom stereocenters. The van der Waals surface area contributed by atoms with Crippen LogP contribution in [-0.2, 0) is 9.53 Å². The second-order valence-corrected chi connectivity index (χ2v) is 5.11. The van der Waals surface area contributed by atoms with E-state index >= 15 is 0 Å². The fraction of sp³-hybridized carbons (Fsp3) is 0.429. The largest absolute Gasteiger partial charge is 0.381 e. The van der Waals surface area contributed by atoms with Crippen molar-refractivity contribution >= 4 is 22.5 Å². The molecule has 1 fully saturated rings. The quantitative estimate of drug-likeness (QED) is 0.888. The average Bonchev–Trinajstić information content (AvgIpc) is 2.99. The van der Waals surface area contributed by atoms with Gasteiger partial charge < -0.3 is 10.1 Å². The highest BCUT2D eigenvalue weighted by Crippen LogP contribution is 2.22. The van der Waals surface area contributed by atoms with Crippen LogP contribution in [0, 0.1) is 12.8 Å². The minimum Gasteiger partial charge on any atom is -0.381 e. The molecule has 5 heteroatoms. The second kappa shape index (κ2) is 5.01. The van der Waals surface area contributed by atoms with Crippen LogP contribution in [0.2, 0.25) is 0 Å². The van der Waals surface area contributed by atoms with E-state index in [0.717, 1.165) is 35.2 Å². The Morgan fingerprint density at radius 2 is 2.47 bits per heavy atom. The molecule has 1 saturated heterocycles. The van der Waals surface area contributed by atoms with Crippen LogP contribution in [0.1, 0.15) is 18.4 Å². The van der Waals surface area contributed by atoms with E-state index in [-0.39, 0.29) is 5.91 Å². The van der Waals surface area contributed by atoms with Crippen molar-refractivity contribution in [1.82, 2.24) is 10.2 Å². The molecule has 3 rings (SSSR count). The van der Waals surface area contributed by atoms with Gasteiger partial charge in [0, 0.05) is 30.7 Å². The van der Waals surface area contributed by atoms with Crippen molar-refractivity contribution in [2.24, 2.45) is 5.92 Å². The van der Waals surface area contributed by atoms with Gasteiger partial charge in [-0.2, -0.15) is 5.10 Å². The van der Waals surface area contributed by atoms with Gasteiger partial charge in [0.15, 0.2) is 0 Å². The van der Waals surface area contributed by atoms with Gasteiger partial charge in [0.25, 0.3) is 0 Å². The van der Waals surface area contributed by atoms with E-state index in [1.54, 1.807) is 6.20 Å². The van der Waals surface area contributed by atoms with Crippen molar-refractivity contribution in [2.75, 3.05) is 18.5 Å². The van der Waals surface area contributed by atoms with Gasteiger partial charge in [-0.15, -0.1) is 0 Å². The van der Waals surface area contributed by atoms with Crippen LogP contribution in [0.25, 0.3) is 10.9 Å². The monoisotopic (exact) mass is 259 g/mol. The molecule has 1 aliphatic rings. The maximum atomic E-state index is 12.0. The fourth-order valence-electron chi connectivity index (χ4n) is 2.52. The van der Waals surface area contributed by atoms with E-state index in [2.05, 4.69) is 15.5 Å². The highest BCUT2D eigenvalue weighted by atomic mass is 16.5. The number of fused-ring (bicyclic) bond motifs is 1. The number of carbonyl (C=O) groups is 1. The average molecular weight is 259 g/mol. The van der Waals surface area contributed by atoms with E-state index in [9.17, 15) is 4.79 Å². The number of aromatic nitrogens is 2. The number of benzene rings is 1. The summed E-state index contributed by atoms with van der Waals surface area (Å²) in [5.41, 5.74) is 2.86. The Bertz CT molecular complexity index is 600. The van der Waals surface area contributed by atoms with Gasteiger partial charge in [0.05, 0.1) is 11.7 Å². The van der Waals surface area contributed by atoms with E-state index < -0.39 is 0 Å². The number of aryl methyl sites for hydroxylation is 1. The number of hydrogen-bond donors (Lipinski definition) is 2. The van der Waals surface area contributed by atoms with Gasteiger partial charge in [-0.1, -0.05) is 0 Å². The van der Waals surface area contributed by atoms with Crippen molar-refractivity contribution in [3.63, 3.8) is 0 Å².